The maximum atomic E-state index is 9.23. The van der Waals surface area contributed by atoms with E-state index < -0.39 is 0 Å². The van der Waals surface area contributed by atoms with Crippen molar-refractivity contribution in [3.63, 3.8) is 0 Å². The SMILES string of the molecule is C[S+](Cc1ccccc1)Cc1ccc(O)cc1. The molecule has 17 heavy (non-hydrogen) atoms. The third-order valence-corrected chi connectivity index (χ3v) is 4.26. The lowest BCUT2D eigenvalue weighted by atomic mass is 10.2. The summed E-state index contributed by atoms with van der Waals surface area (Å²) in [6.07, 6.45) is 2.29. The Morgan fingerprint density at radius 1 is 0.824 bits per heavy atom. The molecular weight excluding hydrogens is 228 g/mol. The summed E-state index contributed by atoms with van der Waals surface area (Å²) in [6, 6.07) is 18.1. The summed E-state index contributed by atoms with van der Waals surface area (Å²) in [5.74, 6) is 2.55. The van der Waals surface area contributed by atoms with E-state index in [9.17, 15) is 5.11 Å². The quantitative estimate of drug-likeness (QED) is 0.819. The molecule has 88 valence electrons. The maximum Gasteiger partial charge on any atom is 0.133 e. The molecule has 0 aliphatic rings. The lowest BCUT2D eigenvalue weighted by Crippen LogP contribution is -2.06. The zero-order valence-corrected chi connectivity index (χ0v) is 10.8. The molecule has 2 aromatic rings. The predicted molar refractivity (Wildman–Crippen MR) is 75.2 cm³/mol. The standard InChI is InChI=1S/C15H16OS/c1-17(11-13-5-3-2-4-6-13)12-14-7-9-15(16)10-8-14/h2-10H,11-12H2,1H3/p+1. The van der Waals surface area contributed by atoms with Gasteiger partial charge in [-0.15, -0.1) is 0 Å². The van der Waals surface area contributed by atoms with Crippen molar-refractivity contribution in [2.24, 2.45) is 0 Å². The summed E-state index contributed by atoms with van der Waals surface area (Å²) < 4.78 is 0. The Labute approximate surface area is 105 Å². The summed E-state index contributed by atoms with van der Waals surface area (Å²) in [4.78, 5) is 0. The third kappa shape index (κ3) is 3.82. The fraction of sp³-hybridized carbons (Fsp3) is 0.200. The summed E-state index contributed by atoms with van der Waals surface area (Å²) >= 11 is 0. The Morgan fingerprint density at radius 2 is 1.35 bits per heavy atom. The molecule has 0 spiro atoms. The Balaban J connectivity index is 1.93. The summed E-state index contributed by atoms with van der Waals surface area (Å²) in [5, 5.41) is 9.23. The van der Waals surface area contributed by atoms with Gasteiger partial charge < -0.3 is 5.11 Å². The monoisotopic (exact) mass is 245 g/mol. The molecule has 0 fully saturated rings. The highest BCUT2D eigenvalue weighted by molar-refractivity contribution is 7.94. The molecule has 2 heteroatoms. The molecule has 1 atom stereocenters. The fourth-order valence-electron chi connectivity index (χ4n) is 1.79. The largest absolute Gasteiger partial charge is 0.508 e. The number of benzene rings is 2. The molecule has 0 aliphatic carbocycles. The molecule has 0 aliphatic heterocycles. The number of hydrogen-bond donors (Lipinski definition) is 1. The second-order valence-electron chi connectivity index (χ2n) is 4.22. The van der Waals surface area contributed by atoms with Gasteiger partial charge >= 0.3 is 0 Å². The number of phenolic OH excluding ortho intramolecular Hbond substituents is 1. The van der Waals surface area contributed by atoms with Crippen LogP contribution in [-0.2, 0) is 22.4 Å². The van der Waals surface area contributed by atoms with Gasteiger partial charge in [-0.2, -0.15) is 0 Å². The van der Waals surface area contributed by atoms with Crippen molar-refractivity contribution < 1.29 is 5.11 Å². The van der Waals surface area contributed by atoms with E-state index in [0.717, 1.165) is 11.5 Å². The van der Waals surface area contributed by atoms with Crippen molar-refractivity contribution in [2.45, 2.75) is 11.5 Å². The van der Waals surface area contributed by atoms with Crippen LogP contribution in [0.5, 0.6) is 5.75 Å². The van der Waals surface area contributed by atoms with E-state index in [-0.39, 0.29) is 0 Å². The van der Waals surface area contributed by atoms with Crippen molar-refractivity contribution in [2.75, 3.05) is 6.26 Å². The molecule has 0 radical (unpaired) electrons. The molecule has 0 heterocycles. The van der Waals surface area contributed by atoms with Gasteiger partial charge in [0.1, 0.15) is 17.3 Å². The van der Waals surface area contributed by atoms with Gasteiger partial charge in [-0.3, -0.25) is 0 Å². The number of phenols is 1. The molecule has 1 N–H and O–H groups in total. The minimum Gasteiger partial charge on any atom is -0.508 e. The third-order valence-electron chi connectivity index (χ3n) is 2.61. The molecular formula is C15H17OS+. The van der Waals surface area contributed by atoms with Gasteiger partial charge in [0.15, 0.2) is 0 Å². The van der Waals surface area contributed by atoms with Gasteiger partial charge in [-0.05, 0) is 23.0 Å². The first-order valence-electron chi connectivity index (χ1n) is 5.65. The van der Waals surface area contributed by atoms with Crippen LogP contribution < -0.4 is 0 Å². The maximum absolute atomic E-state index is 9.23. The lowest BCUT2D eigenvalue weighted by Gasteiger charge is -2.04. The van der Waals surface area contributed by atoms with E-state index in [1.165, 1.54) is 11.1 Å². The Morgan fingerprint density at radius 3 is 1.94 bits per heavy atom. The van der Waals surface area contributed by atoms with Crippen molar-refractivity contribution in [1.82, 2.24) is 0 Å². The molecule has 0 amide bonds. The first-order chi connectivity index (χ1) is 8.24. The molecule has 2 aromatic carbocycles. The van der Waals surface area contributed by atoms with Crippen molar-refractivity contribution in [1.29, 1.82) is 0 Å². The molecule has 0 saturated carbocycles. The minimum absolute atomic E-state index is 0.340. The van der Waals surface area contributed by atoms with Crippen LogP contribution >= 0.6 is 0 Å². The second-order valence-corrected chi connectivity index (χ2v) is 6.36. The molecule has 0 bridgehead atoms. The van der Waals surface area contributed by atoms with Crippen LogP contribution in [0, 0.1) is 0 Å². The molecule has 1 unspecified atom stereocenters. The smallest absolute Gasteiger partial charge is 0.133 e. The lowest BCUT2D eigenvalue weighted by molar-refractivity contribution is 0.475. The fourth-order valence-corrected chi connectivity index (χ4v) is 3.41. The van der Waals surface area contributed by atoms with Crippen molar-refractivity contribution in [3.8, 4) is 5.75 Å². The number of hydrogen-bond acceptors (Lipinski definition) is 1. The molecule has 0 aromatic heterocycles. The van der Waals surface area contributed by atoms with Crippen LogP contribution in [-0.4, -0.2) is 11.4 Å². The van der Waals surface area contributed by atoms with Crippen LogP contribution in [0.3, 0.4) is 0 Å². The van der Waals surface area contributed by atoms with E-state index in [2.05, 4.69) is 36.6 Å². The average molecular weight is 245 g/mol. The zero-order valence-electron chi connectivity index (χ0n) is 9.97. The summed E-state index contributed by atoms with van der Waals surface area (Å²) in [5.41, 5.74) is 2.70. The van der Waals surface area contributed by atoms with Gasteiger partial charge in [-0.25, -0.2) is 0 Å². The Bertz CT molecular complexity index is 450. The van der Waals surface area contributed by atoms with Gasteiger partial charge in [0.2, 0.25) is 0 Å². The van der Waals surface area contributed by atoms with Gasteiger partial charge in [0.05, 0.1) is 6.26 Å². The number of aromatic hydroxyl groups is 1. The average Bonchev–Trinajstić information content (AvgIpc) is 2.33. The van der Waals surface area contributed by atoms with Crippen molar-refractivity contribution >= 4 is 10.9 Å². The zero-order chi connectivity index (χ0) is 12.1. The first-order valence-corrected chi connectivity index (χ1v) is 7.62. The predicted octanol–water partition coefficient (Wildman–Crippen LogP) is 3.34. The highest BCUT2D eigenvalue weighted by atomic mass is 32.2. The number of rotatable bonds is 4. The van der Waals surface area contributed by atoms with Gasteiger partial charge in [0.25, 0.3) is 0 Å². The van der Waals surface area contributed by atoms with Crippen LogP contribution in [0.15, 0.2) is 54.6 Å². The van der Waals surface area contributed by atoms with E-state index in [1.54, 1.807) is 12.1 Å². The van der Waals surface area contributed by atoms with Crippen LogP contribution in [0.1, 0.15) is 11.1 Å². The van der Waals surface area contributed by atoms with Crippen LogP contribution in [0.2, 0.25) is 0 Å². The van der Waals surface area contributed by atoms with Crippen LogP contribution in [0.4, 0.5) is 0 Å². The highest BCUT2D eigenvalue weighted by Crippen LogP contribution is 2.15. The Kier molecular flexibility index (Phi) is 4.10. The first kappa shape index (κ1) is 12.1. The molecule has 2 rings (SSSR count). The molecule has 1 nitrogen and oxygen atoms in total. The topological polar surface area (TPSA) is 20.2 Å². The van der Waals surface area contributed by atoms with Gasteiger partial charge in [0, 0.05) is 11.1 Å². The van der Waals surface area contributed by atoms with Crippen molar-refractivity contribution in [3.05, 3.63) is 65.7 Å². The van der Waals surface area contributed by atoms with E-state index in [0.29, 0.717) is 16.6 Å². The normalized spacial score (nSPS) is 12.3. The van der Waals surface area contributed by atoms with E-state index in [4.69, 9.17) is 0 Å². The minimum atomic E-state index is 0.340. The van der Waals surface area contributed by atoms with Gasteiger partial charge in [-0.1, -0.05) is 42.5 Å². The molecule has 0 saturated heterocycles. The Hall–Kier alpha value is -1.41. The summed E-state index contributed by atoms with van der Waals surface area (Å²) in [7, 11) is 0.340. The van der Waals surface area contributed by atoms with E-state index in [1.807, 2.05) is 12.1 Å². The van der Waals surface area contributed by atoms with E-state index >= 15 is 0 Å². The highest BCUT2D eigenvalue weighted by Gasteiger charge is 2.12. The second kappa shape index (κ2) is 5.78. The van der Waals surface area contributed by atoms with Crippen LogP contribution in [0.25, 0.3) is 0 Å². The summed E-state index contributed by atoms with van der Waals surface area (Å²) in [6.45, 7) is 0.